The fourth-order valence-corrected chi connectivity index (χ4v) is 2.13. The van der Waals surface area contributed by atoms with Crippen molar-refractivity contribution in [3.63, 3.8) is 0 Å². The maximum absolute atomic E-state index is 11.8. The molecule has 2 nitrogen and oxygen atoms in total. The molecule has 1 saturated carbocycles. The summed E-state index contributed by atoms with van der Waals surface area (Å²) < 4.78 is 39.9. The highest BCUT2D eigenvalue weighted by Crippen LogP contribution is 2.26. The van der Waals surface area contributed by atoms with Crippen molar-refractivity contribution in [2.75, 3.05) is 13.2 Å². The van der Waals surface area contributed by atoms with Crippen molar-refractivity contribution in [2.45, 2.75) is 50.8 Å². The largest absolute Gasteiger partial charge is 0.411 e. The highest BCUT2D eigenvalue weighted by molar-refractivity contribution is 4.71. The second kappa shape index (κ2) is 6.45. The molecule has 0 aromatic rings. The third-order valence-corrected chi connectivity index (χ3v) is 3.00. The molecule has 1 N–H and O–H groups in total. The Morgan fingerprint density at radius 1 is 1.12 bits per heavy atom. The summed E-state index contributed by atoms with van der Waals surface area (Å²) in [6, 6.07) is 0. The van der Waals surface area contributed by atoms with Crippen LogP contribution in [0.4, 0.5) is 13.2 Å². The molecule has 1 rings (SSSR count). The molecular formula is C11H19F3O2. The van der Waals surface area contributed by atoms with Gasteiger partial charge in [0.25, 0.3) is 0 Å². The molecule has 1 aliphatic carbocycles. The Morgan fingerprint density at radius 2 is 1.69 bits per heavy atom. The standard InChI is InChI=1S/C11H19F3O2/c12-11(13,14)8-16-7-10(15)9-5-3-1-2-4-6-9/h9-10,15H,1-8H2. The first-order valence-corrected chi connectivity index (χ1v) is 5.81. The van der Waals surface area contributed by atoms with Gasteiger partial charge in [0.1, 0.15) is 6.61 Å². The van der Waals surface area contributed by atoms with Gasteiger partial charge in [-0.2, -0.15) is 13.2 Å². The number of ether oxygens (including phenoxy) is 1. The predicted molar refractivity (Wildman–Crippen MR) is 54.1 cm³/mol. The molecular weight excluding hydrogens is 221 g/mol. The maximum Gasteiger partial charge on any atom is 0.411 e. The van der Waals surface area contributed by atoms with Crippen LogP contribution >= 0.6 is 0 Å². The lowest BCUT2D eigenvalue weighted by Gasteiger charge is -2.21. The van der Waals surface area contributed by atoms with E-state index in [1.165, 1.54) is 0 Å². The van der Waals surface area contributed by atoms with E-state index in [1.807, 2.05) is 0 Å². The van der Waals surface area contributed by atoms with E-state index < -0.39 is 18.9 Å². The summed E-state index contributed by atoms with van der Waals surface area (Å²) in [5.41, 5.74) is 0. The Hall–Kier alpha value is -0.290. The Morgan fingerprint density at radius 3 is 2.19 bits per heavy atom. The van der Waals surface area contributed by atoms with Crippen molar-refractivity contribution in [3.8, 4) is 0 Å². The van der Waals surface area contributed by atoms with Gasteiger partial charge in [-0.25, -0.2) is 0 Å². The van der Waals surface area contributed by atoms with Gasteiger partial charge < -0.3 is 9.84 Å². The summed E-state index contributed by atoms with van der Waals surface area (Å²) >= 11 is 0. The number of alkyl halides is 3. The molecule has 1 aliphatic rings. The van der Waals surface area contributed by atoms with Crippen LogP contribution in [0.15, 0.2) is 0 Å². The summed E-state index contributed by atoms with van der Waals surface area (Å²) in [6.07, 6.45) is 1.18. The lowest BCUT2D eigenvalue weighted by atomic mass is 9.94. The summed E-state index contributed by atoms with van der Waals surface area (Å²) in [7, 11) is 0. The number of aliphatic hydroxyl groups is 1. The van der Waals surface area contributed by atoms with Crippen LogP contribution in [0, 0.1) is 5.92 Å². The van der Waals surface area contributed by atoms with E-state index in [9.17, 15) is 18.3 Å². The molecule has 0 saturated heterocycles. The van der Waals surface area contributed by atoms with E-state index in [-0.39, 0.29) is 12.5 Å². The monoisotopic (exact) mass is 240 g/mol. The Labute approximate surface area is 93.8 Å². The highest BCUT2D eigenvalue weighted by atomic mass is 19.4. The van der Waals surface area contributed by atoms with Gasteiger partial charge in [-0.15, -0.1) is 0 Å². The van der Waals surface area contributed by atoms with Gasteiger partial charge in [0.2, 0.25) is 0 Å². The Balaban J connectivity index is 2.20. The third kappa shape index (κ3) is 5.70. The number of hydrogen-bond donors (Lipinski definition) is 1. The van der Waals surface area contributed by atoms with E-state index in [4.69, 9.17) is 0 Å². The molecule has 5 heteroatoms. The Kier molecular flexibility index (Phi) is 5.55. The van der Waals surface area contributed by atoms with Crippen LogP contribution in [0.25, 0.3) is 0 Å². The zero-order valence-corrected chi connectivity index (χ0v) is 9.30. The van der Waals surface area contributed by atoms with Crippen LogP contribution in [0.5, 0.6) is 0 Å². The lowest BCUT2D eigenvalue weighted by molar-refractivity contribution is -0.181. The molecule has 0 spiro atoms. The first kappa shape index (κ1) is 13.8. The number of halogens is 3. The van der Waals surface area contributed by atoms with Crippen molar-refractivity contribution < 1.29 is 23.0 Å². The number of aliphatic hydroxyl groups excluding tert-OH is 1. The van der Waals surface area contributed by atoms with Gasteiger partial charge in [0.05, 0.1) is 12.7 Å². The molecule has 1 unspecified atom stereocenters. The molecule has 0 amide bonds. The second-order valence-corrected chi connectivity index (χ2v) is 4.45. The minimum Gasteiger partial charge on any atom is -0.390 e. The van der Waals surface area contributed by atoms with Gasteiger partial charge in [0.15, 0.2) is 0 Å². The fraction of sp³-hybridized carbons (Fsp3) is 1.00. The molecule has 0 aromatic heterocycles. The average molecular weight is 240 g/mol. The molecule has 0 heterocycles. The van der Waals surface area contributed by atoms with Gasteiger partial charge in [-0.3, -0.25) is 0 Å². The van der Waals surface area contributed by atoms with Gasteiger partial charge in [0, 0.05) is 0 Å². The molecule has 96 valence electrons. The summed E-state index contributed by atoms with van der Waals surface area (Å²) in [4.78, 5) is 0. The maximum atomic E-state index is 11.8. The molecule has 0 bridgehead atoms. The first-order chi connectivity index (χ1) is 7.49. The zero-order valence-electron chi connectivity index (χ0n) is 9.30. The Bertz CT molecular complexity index is 186. The highest BCUT2D eigenvalue weighted by Gasteiger charge is 2.29. The molecule has 1 atom stereocenters. The minimum absolute atomic E-state index is 0.107. The van der Waals surface area contributed by atoms with Crippen LogP contribution < -0.4 is 0 Å². The summed E-state index contributed by atoms with van der Waals surface area (Å²) in [5, 5.41) is 9.70. The lowest BCUT2D eigenvalue weighted by Crippen LogP contribution is -2.28. The van der Waals surface area contributed by atoms with Crippen molar-refractivity contribution in [2.24, 2.45) is 5.92 Å². The van der Waals surface area contributed by atoms with Crippen LogP contribution in [0.1, 0.15) is 38.5 Å². The third-order valence-electron chi connectivity index (χ3n) is 3.00. The van der Waals surface area contributed by atoms with Crippen LogP contribution in [0.2, 0.25) is 0 Å². The fourth-order valence-electron chi connectivity index (χ4n) is 2.13. The van der Waals surface area contributed by atoms with Crippen molar-refractivity contribution in [1.82, 2.24) is 0 Å². The smallest absolute Gasteiger partial charge is 0.390 e. The number of hydrogen-bond acceptors (Lipinski definition) is 2. The molecule has 1 fully saturated rings. The van der Waals surface area contributed by atoms with Gasteiger partial charge >= 0.3 is 6.18 Å². The zero-order chi connectivity index (χ0) is 12.0. The summed E-state index contributed by atoms with van der Waals surface area (Å²) in [6.45, 7) is -1.47. The van der Waals surface area contributed by atoms with E-state index in [0.29, 0.717) is 0 Å². The van der Waals surface area contributed by atoms with Crippen LogP contribution in [-0.2, 0) is 4.74 Å². The van der Waals surface area contributed by atoms with Crippen molar-refractivity contribution in [1.29, 1.82) is 0 Å². The minimum atomic E-state index is -4.30. The normalized spacial score (nSPS) is 21.8. The summed E-state index contributed by atoms with van der Waals surface area (Å²) in [5.74, 6) is 0.107. The van der Waals surface area contributed by atoms with Gasteiger partial charge in [-0.1, -0.05) is 25.7 Å². The van der Waals surface area contributed by atoms with Crippen LogP contribution in [0.3, 0.4) is 0 Å². The topological polar surface area (TPSA) is 29.5 Å². The average Bonchev–Trinajstić information content (AvgIpc) is 2.43. The van der Waals surface area contributed by atoms with E-state index in [1.54, 1.807) is 0 Å². The predicted octanol–water partition coefficient (Wildman–Crippen LogP) is 2.90. The molecule has 0 aliphatic heterocycles. The molecule has 16 heavy (non-hydrogen) atoms. The van der Waals surface area contributed by atoms with E-state index in [0.717, 1.165) is 38.5 Å². The van der Waals surface area contributed by atoms with E-state index in [2.05, 4.69) is 4.74 Å². The first-order valence-electron chi connectivity index (χ1n) is 5.81. The number of rotatable bonds is 4. The molecule has 0 aromatic carbocycles. The molecule has 0 radical (unpaired) electrons. The second-order valence-electron chi connectivity index (χ2n) is 4.45. The SMILES string of the molecule is OC(COCC(F)(F)F)C1CCCCCC1. The van der Waals surface area contributed by atoms with E-state index >= 15 is 0 Å². The quantitative estimate of drug-likeness (QED) is 0.766. The van der Waals surface area contributed by atoms with Crippen molar-refractivity contribution in [3.05, 3.63) is 0 Å². The van der Waals surface area contributed by atoms with Crippen LogP contribution in [-0.4, -0.2) is 30.6 Å². The van der Waals surface area contributed by atoms with Gasteiger partial charge in [-0.05, 0) is 18.8 Å². The van der Waals surface area contributed by atoms with Crippen molar-refractivity contribution >= 4 is 0 Å².